The second kappa shape index (κ2) is 5.53. The topological polar surface area (TPSA) is 29.4 Å². The fraction of sp³-hybridized carbons (Fsp3) is 0.500. The molecular formula is C12H17NO. The number of carbonyl (C=O) groups is 1. The minimum atomic E-state index is 0.109. The average Bonchev–Trinajstić information content (AvgIpc) is 2.18. The van der Waals surface area contributed by atoms with Gasteiger partial charge in [0, 0.05) is 6.21 Å². The Labute approximate surface area is 85.4 Å². The number of nitrogens with zero attached hydrogens (tertiary/aromatic N) is 1. The zero-order valence-corrected chi connectivity index (χ0v) is 8.75. The molecule has 0 N–H and O–H groups in total. The van der Waals surface area contributed by atoms with Gasteiger partial charge >= 0.3 is 0 Å². The first-order valence-electron chi connectivity index (χ1n) is 5.07. The number of hydrogen-bond acceptors (Lipinski definition) is 2. The molecule has 1 aliphatic rings. The van der Waals surface area contributed by atoms with Crippen molar-refractivity contribution in [1.29, 1.82) is 0 Å². The average molecular weight is 191 g/mol. The van der Waals surface area contributed by atoms with E-state index in [1.807, 2.05) is 12.3 Å². The molecule has 14 heavy (non-hydrogen) atoms. The van der Waals surface area contributed by atoms with Crippen molar-refractivity contribution in [2.75, 3.05) is 6.54 Å². The molecule has 0 aliphatic heterocycles. The van der Waals surface area contributed by atoms with Crippen LogP contribution in [0, 0.1) is 0 Å². The lowest BCUT2D eigenvalue weighted by atomic mass is 9.92. The van der Waals surface area contributed by atoms with Gasteiger partial charge in [-0.15, -0.1) is 0 Å². The third-order valence-electron chi connectivity index (χ3n) is 2.36. The van der Waals surface area contributed by atoms with Crippen molar-refractivity contribution in [2.24, 2.45) is 4.99 Å². The Hall–Kier alpha value is -1.18. The van der Waals surface area contributed by atoms with Crippen molar-refractivity contribution in [3.63, 3.8) is 0 Å². The van der Waals surface area contributed by atoms with Crippen molar-refractivity contribution in [2.45, 2.75) is 32.6 Å². The maximum absolute atomic E-state index is 10.7. The third kappa shape index (κ3) is 3.29. The van der Waals surface area contributed by atoms with Gasteiger partial charge in [-0.2, -0.15) is 0 Å². The SMILES string of the molecule is C=CC1=C(C=NCC(C)=O)CCCC1. The van der Waals surface area contributed by atoms with Gasteiger partial charge in [-0.1, -0.05) is 12.7 Å². The van der Waals surface area contributed by atoms with Crippen molar-refractivity contribution >= 4 is 12.0 Å². The van der Waals surface area contributed by atoms with Gasteiger partial charge in [0.15, 0.2) is 5.78 Å². The second-order valence-electron chi connectivity index (χ2n) is 3.63. The minimum Gasteiger partial charge on any atom is -0.298 e. The van der Waals surface area contributed by atoms with Crippen LogP contribution in [0.1, 0.15) is 32.6 Å². The largest absolute Gasteiger partial charge is 0.298 e. The number of allylic oxidation sites excluding steroid dienone is 3. The molecule has 0 radical (unpaired) electrons. The van der Waals surface area contributed by atoms with E-state index in [1.165, 1.54) is 24.0 Å². The van der Waals surface area contributed by atoms with Crippen LogP contribution < -0.4 is 0 Å². The summed E-state index contributed by atoms with van der Waals surface area (Å²) in [6, 6.07) is 0. The van der Waals surface area contributed by atoms with E-state index in [-0.39, 0.29) is 5.78 Å². The predicted octanol–water partition coefficient (Wildman–Crippen LogP) is 2.70. The fourth-order valence-corrected chi connectivity index (χ4v) is 1.62. The number of aliphatic imine (C=N–C) groups is 1. The van der Waals surface area contributed by atoms with Crippen LogP contribution >= 0.6 is 0 Å². The molecule has 2 nitrogen and oxygen atoms in total. The maximum Gasteiger partial charge on any atom is 0.151 e. The molecule has 0 aromatic carbocycles. The second-order valence-corrected chi connectivity index (χ2v) is 3.63. The third-order valence-corrected chi connectivity index (χ3v) is 2.36. The molecule has 0 aromatic rings. The summed E-state index contributed by atoms with van der Waals surface area (Å²) in [6.07, 6.45) is 8.39. The van der Waals surface area contributed by atoms with E-state index in [0.717, 1.165) is 12.8 Å². The Bertz CT molecular complexity index is 287. The van der Waals surface area contributed by atoms with Gasteiger partial charge in [-0.3, -0.25) is 9.79 Å². The molecule has 0 saturated heterocycles. The fourth-order valence-electron chi connectivity index (χ4n) is 1.62. The maximum atomic E-state index is 10.7. The van der Waals surface area contributed by atoms with Gasteiger partial charge in [0.1, 0.15) is 0 Å². The van der Waals surface area contributed by atoms with Gasteiger partial charge in [-0.25, -0.2) is 0 Å². The summed E-state index contributed by atoms with van der Waals surface area (Å²) in [5.74, 6) is 0.109. The molecule has 2 heteroatoms. The normalized spacial score (nSPS) is 17.5. The summed E-state index contributed by atoms with van der Waals surface area (Å²) in [5, 5.41) is 0. The van der Waals surface area contributed by atoms with E-state index in [4.69, 9.17) is 0 Å². The van der Waals surface area contributed by atoms with E-state index in [9.17, 15) is 4.79 Å². The van der Waals surface area contributed by atoms with E-state index in [2.05, 4.69) is 11.6 Å². The van der Waals surface area contributed by atoms with Crippen LogP contribution in [0.3, 0.4) is 0 Å². The van der Waals surface area contributed by atoms with Crippen molar-refractivity contribution in [1.82, 2.24) is 0 Å². The van der Waals surface area contributed by atoms with Crippen molar-refractivity contribution in [3.8, 4) is 0 Å². The van der Waals surface area contributed by atoms with Gasteiger partial charge in [0.25, 0.3) is 0 Å². The Morgan fingerprint density at radius 3 is 2.64 bits per heavy atom. The highest BCUT2D eigenvalue weighted by molar-refractivity contribution is 5.84. The van der Waals surface area contributed by atoms with Crippen LogP contribution in [0.25, 0.3) is 0 Å². The van der Waals surface area contributed by atoms with Crippen LogP contribution in [0.15, 0.2) is 28.8 Å². The van der Waals surface area contributed by atoms with Gasteiger partial charge in [0.05, 0.1) is 6.54 Å². The standard InChI is InChI=1S/C12H17NO/c1-3-11-6-4-5-7-12(11)9-13-8-10(2)14/h3,9H,1,4-8H2,2H3. The molecular weight excluding hydrogens is 174 g/mol. The van der Waals surface area contributed by atoms with Crippen molar-refractivity contribution < 1.29 is 4.79 Å². The summed E-state index contributed by atoms with van der Waals surface area (Å²) >= 11 is 0. The first kappa shape index (κ1) is 10.9. The molecule has 0 aromatic heterocycles. The Morgan fingerprint density at radius 1 is 1.43 bits per heavy atom. The number of hydrogen-bond donors (Lipinski definition) is 0. The van der Waals surface area contributed by atoms with Crippen LogP contribution in [-0.4, -0.2) is 18.5 Å². The van der Waals surface area contributed by atoms with E-state index in [0.29, 0.717) is 6.54 Å². The first-order chi connectivity index (χ1) is 6.74. The molecule has 0 amide bonds. The summed E-state index contributed by atoms with van der Waals surface area (Å²) in [6.45, 7) is 5.65. The highest BCUT2D eigenvalue weighted by atomic mass is 16.1. The molecule has 0 spiro atoms. The van der Waals surface area contributed by atoms with Crippen LogP contribution in [-0.2, 0) is 4.79 Å². The van der Waals surface area contributed by atoms with Gasteiger partial charge in [0.2, 0.25) is 0 Å². The molecule has 0 bridgehead atoms. The number of rotatable bonds is 4. The quantitative estimate of drug-likeness (QED) is 0.628. The zero-order valence-electron chi connectivity index (χ0n) is 8.75. The first-order valence-corrected chi connectivity index (χ1v) is 5.07. The number of carbonyl (C=O) groups excluding carboxylic acids is 1. The molecule has 0 fully saturated rings. The summed E-state index contributed by atoms with van der Waals surface area (Å²) in [5.41, 5.74) is 2.55. The molecule has 0 atom stereocenters. The predicted molar refractivity (Wildman–Crippen MR) is 59.7 cm³/mol. The van der Waals surface area contributed by atoms with E-state index >= 15 is 0 Å². The summed E-state index contributed by atoms with van der Waals surface area (Å²) < 4.78 is 0. The lowest BCUT2D eigenvalue weighted by Crippen LogP contribution is -2.01. The highest BCUT2D eigenvalue weighted by Gasteiger charge is 2.07. The van der Waals surface area contributed by atoms with Crippen LogP contribution in [0.4, 0.5) is 0 Å². The monoisotopic (exact) mass is 191 g/mol. The molecule has 1 aliphatic carbocycles. The summed E-state index contributed by atoms with van der Waals surface area (Å²) in [4.78, 5) is 14.8. The molecule has 76 valence electrons. The highest BCUT2D eigenvalue weighted by Crippen LogP contribution is 2.23. The lowest BCUT2D eigenvalue weighted by Gasteiger charge is -2.14. The Balaban J connectivity index is 2.64. The smallest absolute Gasteiger partial charge is 0.151 e. The number of Topliss-reactive ketones (excluding diaryl/α,β-unsaturated/α-hetero) is 1. The van der Waals surface area contributed by atoms with Crippen molar-refractivity contribution in [3.05, 3.63) is 23.8 Å². The number of ketones is 1. The van der Waals surface area contributed by atoms with E-state index < -0.39 is 0 Å². The van der Waals surface area contributed by atoms with Crippen LogP contribution in [0.5, 0.6) is 0 Å². The van der Waals surface area contributed by atoms with Crippen LogP contribution in [0.2, 0.25) is 0 Å². The Morgan fingerprint density at radius 2 is 2.07 bits per heavy atom. The molecule has 0 saturated carbocycles. The van der Waals surface area contributed by atoms with Gasteiger partial charge in [-0.05, 0) is 43.8 Å². The lowest BCUT2D eigenvalue weighted by molar-refractivity contribution is -0.115. The molecule has 1 rings (SSSR count). The molecule has 0 unspecified atom stereocenters. The molecule has 0 heterocycles. The zero-order chi connectivity index (χ0) is 10.4. The van der Waals surface area contributed by atoms with Gasteiger partial charge < -0.3 is 0 Å². The van der Waals surface area contributed by atoms with E-state index in [1.54, 1.807) is 6.92 Å². The summed E-state index contributed by atoms with van der Waals surface area (Å²) in [7, 11) is 0. The minimum absolute atomic E-state index is 0.109. The Kier molecular flexibility index (Phi) is 4.30.